The first kappa shape index (κ1) is 12.5. The fourth-order valence-electron chi connectivity index (χ4n) is 1.97. The van der Waals surface area contributed by atoms with Crippen LogP contribution in [0, 0.1) is 5.92 Å². The van der Waals surface area contributed by atoms with Gasteiger partial charge in [-0.15, -0.1) is 0 Å². The third-order valence-electron chi connectivity index (χ3n) is 2.82. The molecule has 17 heavy (non-hydrogen) atoms. The monoisotopic (exact) mass is 249 g/mol. The standard InChI is InChI=1S/C14H19NOS/c1-11(10-17-2)7-15-8-12-9-16-14-6-4-3-5-13(12)14/h3-6,9,11,15H,7-8,10H2,1-2H3. The van der Waals surface area contributed by atoms with Crippen LogP contribution in [0.4, 0.5) is 0 Å². The van der Waals surface area contributed by atoms with Crippen molar-refractivity contribution in [3.05, 3.63) is 36.1 Å². The molecule has 0 aliphatic carbocycles. The van der Waals surface area contributed by atoms with Crippen molar-refractivity contribution in [3.8, 4) is 0 Å². The van der Waals surface area contributed by atoms with Crippen molar-refractivity contribution in [1.29, 1.82) is 0 Å². The highest BCUT2D eigenvalue weighted by atomic mass is 32.2. The summed E-state index contributed by atoms with van der Waals surface area (Å²) in [5.41, 5.74) is 2.22. The van der Waals surface area contributed by atoms with Crippen LogP contribution in [0.5, 0.6) is 0 Å². The summed E-state index contributed by atoms with van der Waals surface area (Å²) in [6, 6.07) is 8.18. The normalized spacial score (nSPS) is 13.1. The highest BCUT2D eigenvalue weighted by Crippen LogP contribution is 2.20. The number of thioether (sulfide) groups is 1. The molecule has 0 spiro atoms. The van der Waals surface area contributed by atoms with E-state index in [0.29, 0.717) is 5.92 Å². The van der Waals surface area contributed by atoms with Crippen molar-refractivity contribution in [1.82, 2.24) is 5.32 Å². The van der Waals surface area contributed by atoms with E-state index in [4.69, 9.17) is 4.42 Å². The molecule has 1 unspecified atom stereocenters. The largest absolute Gasteiger partial charge is 0.464 e. The summed E-state index contributed by atoms with van der Waals surface area (Å²) >= 11 is 1.90. The third kappa shape index (κ3) is 3.27. The second-order valence-electron chi connectivity index (χ2n) is 4.45. The topological polar surface area (TPSA) is 25.2 Å². The van der Waals surface area contributed by atoms with Gasteiger partial charge in [-0.25, -0.2) is 0 Å². The Kier molecular flexibility index (Phi) is 4.51. The molecule has 1 N–H and O–H groups in total. The van der Waals surface area contributed by atoms with E-state index in [2.05, 4.69) is 30.6 Å². The van der Waals surface area contributed by atoms with Gasteiger partial charge in [-0.3, -0.25) is 0 Å². The van der Waals surface area contributed by atoms with Gasteiger partial charge < -0.3 is 9.73 Å². The second kappa shape index (κ2) is 6.12. The van der Waals surface area contributed by atoms with E-state index in [9.17, 15) is 0 Å². The molecule has 1 atom stereocenters. The first-order valence-electron chi connectivity index (χ1n) is 5.96. The number of nitrogens with one attached hydrogen (secondary N) is 1. The van der Waals surface area contributed by atoms with Gasteiger partial charge in [0, 0.05) is 17.5 Å². The Hall–Kier alpha value is -0.930. The summed E-state index contributed by atoms with van der Waals surface area (Å²) in [6.07, 6.45) is 4.01. The number of hydrogen-bond acceptors (Lipinski definition) is 3. The van der Waals surface area contributed by atoms with E-state index in [-0.39, 0.29) is 0 Å². The van der Waals surface area contributed by atoms with E-state index < -0.39 is 0 Å². The van der Waals surface area contributed by atoms with Gasteiger partial charge in [0.2, 0.25) is 0 Å². The van der Waals surface area contributed by atoms with Crippen LogP contribution in [0.15, 0.2) is 34.9 Å². The van der Waals surface area contributed by atoms with E-state index in [1.165, 1.54) is 16.7 Å². The number of para-hydroxylation sites is 1. The summed E-state index contributed by atoms with van der Waals surface area (Å²) in [5.74, 6) is 1.92. The smallest absolute Gasteiger partial charge is 0.134 e. The molecule has 0 aliphatic rings. The zero-order valence-electron chi connectivity index (χ0n) is 10.4. The number of furan rings is 1. The number of fused-ring (bicyclic) bond motifs is 1. The molecule has 3 heteroatoms. The van der Waals surface area contributed by atoms with Crippen LogP contribution in [0.2, 0.25) is 0 Å². The van der Waals surface area contributed by atoms with Crippen LogP contribution < -0.4 is 5.32 Å². The lowest BCUT2D eigenvalue weighted by molar-refractivity contribution is 0.553. The van der Waals surface area contributed by atoms with Gasteiger partial charge in [-0.05, 0) is 30.5 Å². The SMILES string of the molecule is CSCC(C)CNCc1coc2ccccc12. The number of hydrogen-bond donors (Lipinski definition) is 1. The average Bonchev–Trinajstić information content (AvgIpc) is 2.73. The highest BCUT2D eigenvalue weighted by molar-refractivity contribution is 7.98. The summed E-state index contributed by atoms with van der Waals surface area (Å²) in [5, 5.41) is 4.71. The molecular formula is C14H19NOS. The van der Waals surface area contributed by atoms with E-state index in [1.807, 2.05) is 30.2 Å². The molecule has 1 heterocycles. The van der Waals surface area contributed by atoms with E-state index in [1.54, 1.807) is 0 Å². The summed E-state index contributed by atoms with van der Waals surface area (Å²) in [4.78, 5) is 0. The average molecular weight is 249 g/mol. The van der Waals surface area contributed by atoms with Crippen LogP contribution in [-0.4, -0.2) is 18.6 Å². The molecule has 2 rings (SSSR count). The predicted molar refractivity (Wildman–Crippen MR) is 75.5 cm³/mol. The van der Waals surface area contributed by atoms with Crippen LogP contribution >= 0.6 is 11.8 Å². The van der Waals surface area contributed by atoms with Gasteiger partial charge >= 0.3 is 0 Å². The van der Waals surface area contributed by atoms with Gasteiger partial charge in [0.05, 0.1) is 6.26 Å². The third-order valence-corrected chi connectivity index (χ3v) is 3.72. The van der Waals surface area contributed by atoms with Crippen molar-refractivity contribution in [2.45, 2.75) is 13.5 Å². The molecule has 2 nitrogen and oxygen atoms in total. The number of rotatable bonds is 6. The van der Waals surface area contributed by atoms with Crippen molar-refractivity contribution >= 4 is 22.7 Å². The maximum absolute atomic E-state index is 5.51. The maximum atomic E-state index is 5.51. The zero-order valence-corrected chi connectivity index (χ0v) is 11.2. The molecule has 0 radical (unpaired) electrons. The molecule has 0 bridgehead atoms. The van der Waals surface area contributed by atoms with Gasteiger partial charge in [0.25, 0.3) is 0 Å². The predicted octanol–water partition coefficient (Wildman–Crippen LogP) is 3.52. The van der Waals surface area contributed by atoms with Gasteiger partial charge in [-0.2, -0.15) is 11.8 Å². The minimum absolute atomic E-state index is 0.711. The van der Waals surface area contributed by atoms with Crippen LogP contribution in [-0.2, 0) is 6.54 Å². The van der Waals surface area contributed by atoms with Gasteiger partial charge in [-0.1, -0.05) is 25.1 Å². The molecule has 0 aliphatic heterocycles. The molecule has 0 fully saturated rings. The lowest BCUT2D eigenvalue weighted by Gasteiger charge is -2.10. The quantitative estimate of drug-likeness (QED) is 0.848. The lowest BCUT2D eigenvalue weighted by Crippen LogP contribution is -2.21. The van der Waals surface area contributed by atoms with Crippen LogP contribution in [0.25, 0.3) is 11.0 Å². The Labute approximate surface area is 107 Å². The zero-order chi connectivity index (χ0) is 12.1. The maximum Gasteiger partial charge on any atom is 0.134 e. The minimum atomic E-state index is 0.711. The fourth-order valence-corrected chi connectivity index (χ4v) is 2.65. The van der Waals surface area contributed by atoms with Crippen molar-refractivity contribution in [3.63, 3.8) is 0 Å². The molecule has 0 amide bonds. The lowest BCUT2D eigenvalue weighted by atomic mass is 10.1. The Balaban J connectivity index is 1.91. The van der Waals surface area contributed by atoms with Crippen molar-refractivity contribution in [2.75, 3.05) is 18.6 Å². The highest BCUT2D eigenvalue weighted by Gasteiger charge is 2.05. The van der Waals surface area contributed by atoms with E-state index in [0.717, 1.165) is 18.7 Å². The first-order chi connectivity index (χ1) is 8.31. The van der Waals surface area contributed by atoms with Crippen LogP contribution in [0.3, 0.4) is 0 Å². The summed E-state index contributed by atoms with van der Waals surface area (Å²) < 4.78 is 5.51. The molecule has 2 aromatic rings. The Morgan fingerprint density at radius 3 is 3.00 bits per heavy atom. The Bertz CT molecular complexity index is 466. The molecule has 92 valence electrons. The minimum Gasteiger partial charge on any atom is -0.464 e. The van der Waals surface area contributed by atoms with E-state index >= 15 is 0 Å². The summed E-state index contributed by atoms with van der Waals surface area (Å²) in [7, 11) is 0. The van der Waals surface area contributed by atoms with Crippen molar-refractivity contribution in [2.24, 2.45) is 5.92 Å². The Morgan fingerprint density at radius 2 is 2.18 bits per heavy atom. The fraction of sp³-hybridized carbons (Fsp3) is 0.429. The Morgan fingerprint density at radius 1 is 1.35 bits per heavy atom. The second-order valence-corrected chi connectivity index (χ2v) is 5.36. The van der Waals surface area contributed by atoms with Gasteiger partial charge in [0.15, 0.2) is 0 Å². The summed E-state index contributed by atoms with van der Waals surface area (Å²) in [6.45, 7) is 4.22. The molecule has 0 saturated carbocycles. The molecule has 1 aromatic heterocycles. The molecular weight excluding hydrogens is 230 g/mol. The first-order valence-corrected chi connectivity index (χ1v) is 7.35. The molecule has 1 aromatic carbocycles. The van der Waals surface area contributed by atoms with Gasteiger partial charge in [0.1, 0.15) is 5.58 Å². The number of benzene rings is 1. The molecule has 0 saturated heterocycles. The van der Waals surface area contributed by atoms with Crippen LogP contribution in [0.1, 0.15) is 12.5 Å². The van der Waals surface area contributed by atoms with Crippen molar-refractivity contribution < 1.29 is 4.42 Å².